The van der Waals surface area contributed by atoms with Crippen LogP contribution in [0.5, 0.6) is 5.75 Å². The summed E-state index contributed by atoms with van der Waals surface area (Å²) >= 11 is 0. The van der Waals surface area contributed by atoms with E-state index in [1.165, 1.54) is 6.42 Å². The monoisotopic (exact) mass is 280 g/mol. The summed E-state index contributed by atoms with van der Waals surface area (Å²) in [5.41, 5.74) is 0. The van der Waals surface area contributed by atoms with Gasteiger partial charge >= 0.3 is 39.7 Å². The Bertz CT molecular complexity index is 404. The Labute approximate surface area is 132 Å². The first-order valence-electron chi connectivity index (χ1n) is 6.11. The summed E-state index contributed by atoms with van der Waals surface area (Å²) in [4.78, 5) is 0. The molecule has 0 aliphatic heterocycles. The van der Waals surface area contributed by atoms with Gasteiger partial charge in [0.05, 0.1) is 5.75 Å². The Morgan fingerprint density at radius 3 is 2.22 bits per heavy atom. The molecular weight excluding hydrogens is 259 g/mol. The predicted molar refractivity (Wildman–Crippen MR) is 76.8 cm³/mol. The molecule has 0 fully saturated rings. The van der Waals surface area contributed by atoms with E-state index in [0.717, 1.165) is 19.3 Å². The van der Waals surface area contributed by atoms with Crippen LogP contribution >= 0.6 is 0 Å². The van der Waals surface area contributed by atoms with Gasteiger partial charge in [0, 0.05) is 0 Å². The molecule has 1 aromatic rings. The van der Waals surface area contributed by atoms with Crippen molar-refractivity contribution in [2.24, 2.45) is 0 Å². The predicted octanol–water partition coefficient (Wildman–Crippen LogP) is 2.72. The molecule has 0 aliphatic carbocycles. The molecule has 0 saturated heterocycles. The van der Waals surface area contributed by atoms with Crippen LogP contribution in [0, 0.1) is 0 Å². The van der Waals surface area contributed by atoms with E-state index < -0.39 is 10.1 Å². The molecule has 0 unspecified atom stereocenters. The standard InChI is InChI=1S/C13H20O3S.Na.H/c1-2-3-4-5-9-12-17(14,15)16-13-10-7-6-8-11-13;;/h6-8,10-11H,2-5,9,12H2,1H3;;. The number of hydrogen-bond donors (Lipinski definition) is 0. The van der Waals surface area contributed by atoms with Crippen molar-refractivity contribution < 1.29 is 12.6 Å². The zero-order valence-corrected chi connectivity index (χ0v) is 11.1. The Morgan fingerprint density at radius 2 is 1.61 bits per heavy atom. The Balaban J connectivity index is 0.00000289. The molecule has 0 aromatic heterocycles. The molecule has 0 amide bonds. The van der Waals surface area contributed by atoms with Crippen molar-refractivity contribution in [1.82, 2.24) is 0 Å². The van der Waals surface area contributed by atoms with Crippen molar-refractivity contribution in [3.05, 3.63) is 30.3 Å². The number of para-hydroxylation sites is 1. The molecule has 1 aromatic carbocycles. The van der Waals surface area contributed by atoms with Gasteiger partial charge in [0.2, 0.25) is 0 Å². The molecule has 0 radical (unpaired) electrons. The summed E-state index contributed by atoms with van der Waals surface area (Å²) in [5.74, 6) is 0.493. The van der Waals surface area contributed by atoms with E-state index in [4.69, 9.17) is 4.18 Å². The second-order valence-corrected chi connectivity index (χ2v) is 5.76. The fourth-order valence-corrected chi connectivity index (χ4v) is 2.59. The number of benzene rings is 1. The molecule has 98 valence electrons. The van der Waals surface area contributed by atoms with Crippen LogP contribution in [-0.4, -0.2) is 43.7 Å². The minimum absolute atomic E-state index is 0. The van der Waals surface area contributed by atoms with Gasteiger partial charge in [0.15, 0.2) is 0 Å². The molecule has 1 rings (SSSR count). The first kappa shape index (κ1) is 18.0. The van der Waals surface area contributed by atoms with Crippen molar-refractivity contribution >= 4 is 39.7 Å². The van der Waals surface area contributed by atoms with E-state index in [9.17, 15) is 8.42 Å². The van der Waals surface area contributed by atoms with Gasteiger partial charge in [-0.25, -0.2) is 0 Å². The molecule has 0 N–H and O–H groups in total. The molecule has 0 atom stereocenters. The molecule has 0 saturated carbocycles. The van der Waals surface area contributed by atoms with E-state index in [-0.39, 0.29) is 35.3 Å². The van der Waals surface area contributed by atoms with Gasteiger partial charge in [-0.2, -0.15) is 8.42 Å². The summed E-state index contributed by atoms with van der Waals surface area (Å²) in [6.07, 6.45) is 5.05. The molecule has 0 spiro atoms. The number of unbranched alkanes of at least 4 members (excludes halogenated alkanes) is 4. The fraction of sp³-hybridized carbons (Fsp3) is 0.538. The third-order valence-electron chi connectivity index (χ3n) is 2.46. The van der Waals surface area contributed by atoms with Crippen LogP contribution in [0.25, 0.3) is 0 Å². The number of hydrogen-bond acceptors (Lipinski definition) is 3. The van der Waals surface area contributed by atoms with Crippen LogP contribution in [0.2, 0.25) is 0 Å². The van der Waals surface area contributed by atoms with Gasteiger partial charge < -0.3 is 4.18 Å². The van der Waals surface area contributed by atoms with Crippen LogP contribution in [-0.2, 0) is 10.1 Å². The van der Waals surface area contributed by atoms with E-state index in [2.05, 4.69) is 6.92 Å². The molecule has 0 aliphatic rings. The van der Waals surface area contributed by atoms with E-state index in [1.807, 2.05) is 6.07 Å². The van der Waals surface area contributed by atoms with E-state index >= 15 is 0 Å². The third-order valence-corrected chi connectivity index (χ3v) is 3.70. The normalized spacial score (nSPS) is 10.7. The maximum absolute atomic E-state index is 11.6. The average Bonchev–Trinajstić information content (AvgIpc) is 2.29. The maximum atomic E-state index is 11.6. The zero-order valence-electron chi connectivity index (χ0n) is 10.3. The van der Waals surface area contributed by atoms with Gasteiger partial charge in [-0.05, 0) is 18.6 Å². The topological polar surface area (TPSA) is 43.4 Å². The SMILES string of the molecule is CCCCCCCS(=O)(=O)Oc1ccccc1.[NaH]. The summed E-state index contributed by atoms with van der Waals surface area (Å²) < 4.78 is 28.2. The van der Waals surface area contributed by atoms with Crippen LogP contribution in [0.1, 0.15) is 39.0 Å². The fourth-order valence-electron chi connectivity index (χ4n) is 1.55. The van der Waals surface area contributed by atoms with Gasteiger partial charge in [-0.3, -0.25) is 0 Å². The zero-order chi connectivity index (χ0) is 12.6. The molecule has 3 nitrogen and oxygen atoms in total. The van der Waals surface area contributed by atoms with Crippen molar-refractivity contribution in [2.45, 2.75) is 39.0 Å². The molecular formula is C13H21NaO3S. The third kappa shape index (κ3) is 8.14. The molecule has 5 heteroatoms. The first-order valence-corrected chi connectivity index (χ1v) is 7.69. The van der Waals surface area contributed by atoms with E-state index in [1.54, 1.807) is 24.3 Å². The van der Waals surface area contributed by atoms with Crippen LogP contribution < -0.4 is 4.18 Å². The van der Waals surface area contributed by atoms with Crippen molar-refractivity contribution in [2.75, 3.05) is 5.75 Å². The summed E-state index contributed by atoms with van der Waals surface area (Å²) in [6.45, 7) is 2.13. The Kier molecular flexibility index (Phi) is 9.83. The molecule has 18 heavy (non-hydrogen) atoms. The van der Waals surface area contributed by atoms with Crippen molar-refractivity contribution in [1.29, 1.82) is 0 Å². The first-order chi connectivity index (χ1) is 8.14. The van der Waals surface area contributed by atoms with Gasteiger partial charge in [-0.15, -0.1) is 0 Å². The summed E-state index contributed by atoms with van der Waals surface area (Å²) in [7, 11) is -3.42. The van der Waals surface area contributed by atoms with Gasteiger partial charge in [-0.1, -0.05) is 50.8 Å². The van der Waals surface area contributed by atoms with Gasteiger partial charge in [0.25, 0.3) is 0 Å². The minimum atomic E-state index is -3.42. The second kappa shape index (κ2) is 9.84. The molecule has 0 bridgehead atoms. The average molecular weight is 280 g/mol. The van der Waals surface area contributed by atoms with Crippen molar-refractivity contribution in [3.63, 3.8) is 0 Å². The van der Waals surface area contributed by atoms with Crippen LogP contribution in [0.3, 0.4) is 0 Å². The Morgan fingerprint density at radius 1 is 1.00 bits per heavy atom. The van der Waals surface area contributed by atoms with E-state index in [0.29, 0.717) is 12.2 Å². The summed E-state index contributed by atoms with van der Waals surface area (Å²) in [5, 5.41) is 0. The van der Waals surface area contributed by atoms with Crippen LogP contribution in [0.4, 0.5) is 0 Å². The quantitative estimate of drug-likeness (QED) is 0.418. The molecule has 0 heterocycles. The summed E-state index contributed by atoms with van der Waals surface area (Å²) in [6, 6.07) is 8.63. The van der Waals surface area contributed by atoms with Gasteiger partial charge in [0.1, 0.15) is 5.75 Å². The van der Waals surface area contributed by atoms with Crippen LogP contribution in [0.15, 0.2) is 30.3 Å². The second-order valence-electron chi connectivity index (χ2n) is 4.07. The van der Waals surface area contributed by atoms with Crippen molar-refractivity contribution in [3.8, 4) is 5.75 Å². The Hall–Kier alpha value is -0.0300. The number of rotatable bonds is 8.